The zero-order valence-corrected chi connectivity index (χ0v) is 19.8. The lowest BCUT2D eigenvalue weighted by Crippen LogP contribution is -2.38. The van der Waals surface area contributed by atoms with E-state index in [2.05, 4.69) is 27.7 Å². The van der Waals surface area contributed by atoms with E-state index in [9.17, 15) is 14.7 Å². The number of aromatic nitrogens is 1. The van der Waals surface area contributed by atoms with Crippen LogP contribution in [0.25, 0.3) is 0 Å². The molecule has 34 heavy (non-hydrogen) atoms. The molecule has 2 aromatic rings. The van der Waals surface area contributed by atoms with Gasteiger partial charge in [0.25, 0.3) is 0 Å². The summed E-state index contributed by atoms with van der Waals surface area (Å²) in [6, 6.07) is 14.0. The molecule has 1 aromatic carbocycles. The van der Waals surface area contributed by atoms with E-state index < -0.39 is 5.97 Å². The number of hydrogen-bond donors (Lipinski definition) is 3. The van der Waals surface area contributed by atoms with Crippen LogP contribution in [0, 0.1) is 0 Å². The van der Waals surface area contributed by atoms with Gasteiger partial charge in [-0.3, -0.25) is 9.59 Å². The number of aryl methyl sites for hydroxylation is 2. The minimum absolute atomic E-state index is 0.0383. The van der Waals surface area contributed by atoms with Gasteiger partial charge in [-0.05, 0) is 62.3 Å². The van der Waals surface area contributed by atoms with Crippen LogP contribution >= 0.6 is 0 Å². The first-order valence-corrected chi connectivity index (χ1v) is 12.6. The molecule has 3 N–H and O–H groups in total. The normalized spacial score (nSPS) is 18.6. The quantitative estimate of drug-likeness (QED) is 0.440. The number of nitrogens with one attached hydrogen (secondary N) is 2. The van der Waals surface area contributed by atoms with E-state index in [0.29, 0.717) is 0 Å². The highest BCUT2D eigenvalue weighted by molar-refractivity contribution is 5.78. The van der Waals surface area contributed by atoms with Crippen LogP contribution in [0.3, 0.4) is 0 Å². The Hall–Kier alpha value is -2.93. The Labute approximate surface area is 202 Å². The molecule has 2 aliphatic heterocycles. The van der Waals surface area contributed by atoms with Crippen LogP contribution in [0.2, 0.25) is 0 Å². The van der Waals surface area contributed by atoms with Gasteiger partial charge in [-0.15, -0.1) is 0 Å². The molecule has 1 saturated heterocycles. The van der Waals surface area contributed by atoms with Gasteiger partial charge in [0.2, 0.25) is 5.91 Å². The molecule has 0 spiro atoms. The Morgan fingerprint density at radius 1 is 1.15 bits per heavy atom. The van der Waals surface area contributed by atoms with Gasteiger partial charge in [-0.25, -0.2) is 4.98 Å². The second-order valence-corrected chi connectivity index (χ2v) is 9.56. The van der Waals surface area contributed by atoms with Crippen molar-refractivity contribution in [3.05, 3.63) is 59.3 Å². The number of aliphatic carboxylic acids is 1. The number of rotatable bonds is 11. The lowest BCUT2D eigenvalue weighted by atomic mass is 9.92. The van der Waals surface area contributed by atoms with Crippen LogP contribution < -0.4 is 10.6 Å². The summed E-state index contributed by atoms with van der Waals surface area (Å²) in [7, 11) is 0. The van der Waals surface area contributed by atoms with Crippen molar-refractivity contribution in [3.63, 3.8) is 0 Å². The number of nitrogens with zero attached hydrogens (tertiary/aromatic N) is 2. The Morgan fingerprint density at radius 3 is 2.82 bits per heavy atom. The predicted octanol–water partition coefficient (Wildman–Crippen LogP) is 3.60. The molecular formula is C27H36N4O3. The number of unbranched alkanes of at least 4 members (excludes halogenated alkanes) is 1. The van der Waals surface area contributed by atoms with Gasteiger partial charge >= 0.3 is 5.97 Å². The summed E-state index contributed by atoms with van der Waals surface area (Å²) in [5.74, 6) is -0.173. The van der Waals surface area contributed by atoms with Crippen LogP contribution in [-0.4, -0.2) is 59.1 Å². The van der Waals surface area contributed by atoms with Gasteiger partial charge in [0.1, 0.15) is 5.82 Å². The molecule has 1 amide bonds. The third kappa shape index (κ3) is 7.03. The summed E-state index contributed by atoms with van der Waals surface area (Å²) < 4.78 is 0. The molecule has 0 saturated carbocycles. The molecule has 2 aliphatic rings. The van der Waals surface area contributed by atoms with Gasteiger partial charge in [0.15, 0.2) is 0 Å². The maximum absolute atomic E-state index is 12.7. The molecule has 182 valence electrons. The van der Waals surface area contributed by atoms with Gasteiger partial charge in [0, 0.05) is 43.7 Å². The lowest BCUT2D eigenvalue weighted by Gasteiger charge is -2.19. The molecule has 7 nitrogen and oxygen atoms in total. The monoisotopic (exact) mass is 464 g/mol. The third-order valence-corrected chi connectivity index (χ3v) is 6.87. The Balaban J connectivity index is 1.16. The Morgan fingerprint density at radius 2 is 2.00 bits per heavy atom. The molecule has 2 atom stereocenters. The van der Waals surface area contributed by atoms with E-state index in [0.717, 1.165) is 75.4 Å². The molecule has 0 radical (unpaired) electrons. The predicted molar refractivity (Wildman–Crippen MR) is 133 cm³/mol. The summed E-state index contributed by atoms with van der Waals surface area (Å²) in [5, 5.41) is 15.8. The number of carbonyl (C=O) groups is 2. The number of pyridine rings is 1. The van der Waals surface area contributed by atoms with E-state index in [1.165, 1.54) is 12.0 Å². The van der Waals surface area contributed by atoms with Crippen molar-refractivity contribution in [2.45, 2.75) is 63.3 Å². The summed E-state index contributed by atoms with van der Waals surface area (Å²) in [5.41, 5.74) is 3.39. The van der Waals surface area contributed by atoms with Crippen LogP contribution in [0.1, 0.15) is 61.3 Å². The number of benzene rings is 1. The van der Waals surface area contributed by atoms with Crippen molar-refractivity contribution in [3.8, 4) is 0 Å². The third-order valence-electron chi connectivity index (χ3n) is 6.87. The maximum atomic E-state index is 12.7. The number of hydrogen-bond acceptors (Lipinski definition) is 5. The number of carboxylic acids is 1. The fourth-order valence-corrected chi connectivity index (χ4v) is 5.06. The SMILES string of the molecule is O=C(O)C[C@H](CC(=O)N[C@@H]1CCN(CCCCc2ccc3c(n2)NCCC3)C1)c1ccccc1. The van der Waals surface area contributed by atoms with Crippen molar-refractivity contribution in [2.75, 3.05) is 31.5 Å². The number of carboxylic acid groups (broad SMARTS) is 1. The largest absolute Gasteiger partial charge is 0.481 e. The van der Waals surface area contributed by atoms with Crippen LogP contribution in [0.15, 0.2) is 42.5 Å². The van der Waals surface area contributed by atoms with E-state index in [1.807, 2.05) is 30.3 Å². The highest BCUT2D eigenvalue weighted by atomic mass is 16.4. The van der Waals surface area contributed by atoms with Crippen molar-refractivity contribution >= 4 is 17.7 Å². The van der Waals surface area contributed by atoms with E-state index >= 15 is 0 Å². The first kappa shape index (κ1) is 24.2. The van der Waals surface area contributed by atoms with Crippen molar-refractivity contribution in [2.24, 2.45) is 0 Å². The van der Waals surface area contributed by atoms with E-state index in [4.69, 9.17) is 4.98 Å². The van der Waals surface area contributed by atoms with Crippen LogP contribution in [-0.2, 0) is 22.4 Å². The molecule has 3 heterocycles. The number of likely N-dealkylation sites (tertiary alicyclic amines) is 1. The van der Waals surface area contributed by atoms with Crippen molar-refractivity contribution in [1.82, 2.24) is 15.2 Å². The highest BCUT2D eigenvalue weighted by Crippen LogP contribution is 2.24. The summed E-state index contributed by atoms with van der Waals surface area (Å²) >= 11 is 0. The number of amides is 1. The van der Waals surface area contributed by atoms with Gasteiger partial charge in [-0.1, -0.05) is 36.4 Å². The molecule has 1 aromatic heterocycles. The van der Waals surface area contributed by atoms with E-state index in [1.54, 1.807) is 0 Å². The van der Waals surface area contributed by atoms with Crippen LogP contribution in [0.5, 0.6) is 0 Å². The zero-order chi connectivity index (χ0) is 23.8. The Bertz CT molecular complexity index is 966. The molecule has 4 rings (SSSR count). The topological polar surface area (TPSA) is 94.6 Å². The molecule has 0 unspecified atom stereocenters. The minimum Gasteiger partial charge on any atom is -0.481 e. The first-order chi connectivity index (χ1) is 16.6. The first-order valence-electron chi connectivity index (χ1n) is 12.6. The Kier molecular flexibility index (Phi) is 8.52. The summed E-state index contributed by atoms with van der Waals surface area (Å²) in [4.78, 5) is 31.1. The highest BCUT2D eigenvalue weighted by Gasteiger charge is 2.25. The van der Waals surface area contributed by atoms with E-state index in [-0.39, 0.29) is 30.7 Å². The maximum Gasteiger partial charge on any atom is 0.303 e. The van der Waals surface area contributed by atoms with Crippen LogP contribution in [0.4, 0.5) is 5.82 Å². The lowest BCUT2D eigenvalue weighted by molar-refractivity contribution is -0.137. The molecule has 1 fully saturated rings. The number of fused-ring (bicyclic) bond motifs is 1. The molecule has 0 aliphatic carbocycles. The number of carbonyl (C=O) groups excluding carboxylic acids is 1. The molecule has 0 bridgehead atoms. The second-order valence-electron chi connectivity index (χ2n) is 9.56. The minimum atomic E-state index is -0.879. The van der Waals surface area contributed by atoms with Gasteiger partial charge in [-0.2, -0.15) is 0 Å². The average Bonchev–Trinajstić information content (AvgIpc) is 3.28. The fourth-order valence-electron chi connectivity index (χ4n) is 5.06. The summed E-state index contributed by atoms with van der Waals surface area (Å²) in [6.07, 6.45) is 6.62. The average molecular weight is 465 g/mol. The summed E-state index contributed by atoms with van der Waals surface area (Å²) in [6.45, 7) is 3.90. The van der Waals surface area contributed by atoms with Crippen molar-refractivity contribution in [1.29, 1.82) is 0 Å². The molecular weight excluding hydrogens is 428 g/mol. The molecule has 7 heteroatoms. The smallest absolute Gasteiger partial charge is 0.303 e. The van der Waals surface area contributed by atoms with Crippen molar-refractivity contribution < 1.29 is 14.7 Å². The number of anilines is 1. The zero-order valence-electron chi connectivity index (χ0n) is 19.8. The van der Waals surface area contributed by atoms with Gasteiger partial charge in [0.05, 0.1) is 6.42 Å². The standard InChI is InChI=1S/C27H36N4O3/c32-25(17-22(18-26(33)34)20-7-2-1-3-8-20)29-24-13-16-31(19-24)15-5-4-10-23-12-11-21-9-6-14-28-27(21)30-23/h1-3,7-8,11-12,22,24H,4-6,9-10,13-19H2,(H,28,30)(H,29,32)(H,33,34)/t22-,24+/m0/s1. The van der Waals surface area contributed by atoms with Gasteiger partial charge < -0.3 is 20.6 Å². The fraction of sp³-hybridized carbons (Fsp3) is 0.519. The second kappa shape index (κ2) is 12.0.